The number of fused-ring (bicyclic) bond motifs is 1. The van der Waals surface area contributed by atoms with E-state index in [1.807, 2.05) is 6.92 Å². The van der Waals surface area contributed by atoms with Gasteiger partial charge in [-0.3, -0.25) is 4.79 Å². The summed E-state index contributed by atoms with van der Waals surface area (Å²) < 4.78 is 21.0. The number of hydrogen-bond acceptors (Lipinski definition) is 6. The quantitative estimate of drug-likeness (QED) is 0.760. The predicted molar refractivity (Wildman–Crippen MR) is 98.4 cm³/mol. The molecule has 0 saturated heterocycles. The number of halogens is 1. The van der Waals surface area contributed by atoms with Crippen molar-refractivity contribution in [3.8, 4) is 17.2 Å². The normalized spacial score (nSPS) is 13.0. The van der Waals surface area contributed by atoms with Crippen molar-refractivity contribution in [1.29, 1.82) is 0 Å². The number of carbonyl (C=O) groups excluding carboxylic acids is 2. The van der Waals surface area contributed by atoms with Gasteiger partial charge in [0, 0.05) is 16.8 Å². The van der Waals surface area contributed by atoms with E-state index in [1.165, 1.54) is 6.92 Å². The molecular formula is C19H18ClNO6. The summed E-state index contributed by atoms with van der Waals surface area (Å²) in [5.74, 6) is 0.558. The van der Waals surface area contributed by atoms with Gasteiger partial charge in [-0.25, -0.2) is 4.79 Å². The van der Waals surface area contributed by atoms with Crippen LogP contribution in [0, 0.1) is 6.92 Å². The molecule has 1 amide bonds. The number of benzene rings is 2. The summed E-state index contributed by atoms with van der Waals surface area (Å²) in [5.41, 5.74) is 1.31. The largest absolute Gasteiger partial charge is 0.482 e. The van der Waals surface area contributed by atoms with E-state index >= 15 is 0 Å². The van der Waals surface area contributed by atoms with E-state index < -0.39 is 18.0 Å². The van der Waals surface area contributed by atoms with Crippen LogP contribution in [0.25, 0.3) is 0 Å². The molecule has 0 bridgehead atoms. The van der Waals surface area contributed by atoms with E-state index in [2.05, 4.69) is 5.32 Å². The highest BCUT2D eigenvalue weighted by Gasteiger charge is 2.20. The lowest BCUT2D eigenvalue weighted by atomic mass is 10.2. The van der Waals surface area contributed by atoms with Crippen LogP contribution in [0.1, 0.15) is 12.5 Å². The maximum Gasteiger partial charge on any atom is 0.344 e. The average Bonchev–Trinajstić information content (AvgIpc) is 3.08. The Hall–Kier alpha value is -2.93. The molecule has 0 saturated carbocycles. The van der Waals surface area contributed by atoms with Crippen molar-refractivity contribution in [2.75, 3.05) is 18.7 Å². The number of amides is 1. The molecule has 2 aromatic rings. The van der Waals surface area contributed by atoms with Crippen molar-refractivity contribution in [2.45, 2.75) is 20.0 Å². The van der Waals surface area contributed by atoms with Gasteiger partial charge in [0.25, 0.3) is 5.91 Å². The lowest BCUT2D eigenvalue weighted by molar-refractivity contribution is -0.155. The van der Waals surface area contributed by atoms with Crippen LogP contribution in [0.4, 0.5) is 5.69 Å². The molecule has 1 atom stereocenters. The fourth-order valence-electron chi connectivity index (χ4n) is 2.41. The summed E-state index contributed by atoms with van der Waals surface area (Å²) in [4.78, 5) is 24.1. The Morgan fingerprint density at radius 3 is 2.74 bits per heavy atom. The lowest BCUT2D eigenvalue weighted by Gasteiger charge is -2.14. The summed E-state index contributed by atoms with van der Waals surface area (Å²) >= 11 is 5.87. The van der Waals surface area contributed by atoms with E-state index in [0.29, 0.717) is 28.0 Å². The highest BCUT2D eigenvalue weighted by atomic mass is 35.5. The molecule has 7 nitrogen and oxygen atoms in total. The first-order valence-electron chi connectivity index (χ1n) is 8.21. The number of carbonyl (C=O) groups is 2. The third kappa shape index (κ3) is 4.83. The van der Waals surface area contributed by atoms with Gasteiger partial charge in [0.05, 0.1) is 0 Å². The highest BCUT2D eigenvalue weighted by molar-refractivity contribution is 6.30. The first kappa shape index (κ1) is 18.8. The molecule has 1 heterocycles. The molecule has 142 valence electrons. The number of nitrogens with one attached hydrogen (secondary N) is 1. The number of esters is 1. The second-order valence-corrected chi connectivity index (χ2v) is 6.32. The topological polar surface area (TPSA) is 83.1 Å². The van der Waals surface area contributed by atoms with Crippen LogP contribution in [-0.2, 0) is 14.3 Å². The zero-order valence-corrected chi connectivity index (χ0v) is 15.5. The monoisotopic (exact) mass is 391 g/mol. The summed E-state index contributed by atoms with van der Waals surface area (Å²) in [6, 6.07) is 10.1. The van der Waals surface area contributed by atoms with Crippen molar-refractivity contribution in [3.63, 3.8) is 0 Å². The molecule has 0 spiro atoms. The van der Waals surface area contributed by atoms with Crippen molar-refractivity contribution >= 4 is 29.2 Å². The summed E-state index contributed by atoms with van der Waals surface area (Å²) in [6.07, 6.45) is -0.988. The Morgan fingerprint density at radius 2 is 1.96 bits per heavy atom. The Morgan fingerprint density at radius 1 is 1.19 bits per heavy atom. The maximum atomic E-state index is 12.2. The minimum Gasteiger partial charge on any atom is -0.482 e. The molecule has 0 aromatic heterocycles. The predicted octanol–water partition coefficient (Wildman–Crippen LogP) is 3.33. The maximum absolute atomic E-state index is 12.2. The Balaban J connectivity index is 1.49. The number of rotatable bonds is 6. The van der Waals surface area contributed by atoms with Gasteiger partial charge in [-0.2, -0.15) is 0 Å². The minimum absolute atomic E-state index is 0.147. The first-order valence-corrected chi connectivity index (χ1v) is 8.59. The molecule has 1 aliphatic heterocycles. The number of aryl methyl sites for hydroxylation is 1. The van der Waals surface area contributed by atoms with Gasteiger partial charge in [0.15, 0.2) is 24.2 Å². The zero-order valence-electron chi connectivity index (χ0n) is 14.8. The molecule has 0 fully saturated rings. The molecule has 8 heteroatoms. The van der Waals surface area contributed by atoms with Gasteiger partial charge in [-0.15, -0.1) is 0 Å². The lowest BCUT2D eigenvalue weighted by Crippen LogP contribution is -2.31. The third-order valence-electron chi connectivity index (χ3n) is 3.80. The van der Waals surface area contributed by atoms with Crippen LogP contribution >= 0.6 is 11.6 Å². The smallest absolute Gasteiger partial charge is 0.344 e. The van der Waals surface area contributed by atoms with Gasteiger partial charge in [-0.05, 0) is 49.7 Å². The van der Waals surface area contributed by atoms with Crippen LogP contribution in [0.3, 0.4) is 0 Å². The number of ether oxygens (including phenoxy) is 4. The Bertz CT molecular complexity index is 869. The van der Waals surface area contributed by atoms with E-state index in [1.54, 1.807) is 36.4 Å². The molecule has 1 N–H and O–H groups in total. The van der Waals surface area contributed by atoms with Crippen LogP contribution in [-0.4, -0.2) is 31.4 Å². The molecule has 0 radical (unpaired) electrons. The highest BCUT2D eigenvalue weighted by Crippen LogP contribution is 2.34. The SMILES string of the molecule is Cc1cc(Cl)ccc1OCC(=O)O[C@@H](C)C(=O)Nc1ccc2c(c1)OCO2. The second kappa shape index (κ2) is 8.18. The zero-order chi connectivity index (χ0) is 19.4. The fraction of sp³-hybridized carbons (Fsp3) is 0.263. The average molecular weight is 392 g/mol. The van der Waals surface area contributed by atoms with Gasteiger partial charge in [0.1, 0.15) is 5.75 Å². The summed E-state index contributed by atoms with van der Waals surface area (Å²) in [5, 5.41) is 3.24. The van der Waals surface area contributed by atoms with E-state index in [-0.39, 0.29) is 13.4 Å². The van der Waals surface area contributed by atoms with Crippen molar-refractivity contribution in [1.82, 2.24) is 0 Å². The number of anilines is 1. The van der Waals surface area contributed by atoms with Gasteiger partial charge >= 0.3 is 5.97 Å². The van der Waals surface area contributed by atoms with Crippen LogP contribution in [0.5, 0.6) is 17.2 Å². The minimum atomic E-state index is -0.988. The second-order valence-electron chi connectivity index (χ2n) is 5.89. The van der Waals surface area contributed by atoms with Crippen LogP contribution in [0.2, 0.25) is 5.02 Å². The van der Waals surface area contributed by atoms with E-state index in [9.17, 15) is 9.59 Å². The van der Waals surface area contributed by atoms with Crippen molar-refractivity contribution in [2.24, 2.45) is 0 Å². The van der Waals surface area contributed by atoms with E-state index in [4.69, 9.17) is 30.5 Å². The van der Waals surface area contributed by atoms with Gasteiger partial charge < -0.3 is 24.3 Å². The van der Waals surface area contributed by atoms with E-state index in [0.717, 1.165) is 5.56 Å². The Kier molecular flexibility index (Phi) is 5.71. The molecule has 3 rings (SSSR count). The standard InChI is InChI=1S/C19H18ClNO6/c1-11-7-13(20)3-5-15(11)24-9-18(22)27-12(2)19(23)21-14-4-6-16-17(8-14)26-10-25-16/h3-8,12H,9-10H2,1-2H3,(H,21,23)/t12-/m0/s1. The Labute approximate surface area is 161 Å². The molecule has 2 aromatic carbocycles. The summed E-state index contributed by atoms with van der Waals surface area (Å²) in [6.45, 7) is 3.12. The van der Waals surface area contributed by atoms with Crippen LogP contribution < -0.4 is 19.5 Å². The first-order chi connectivity index (χ1) is 12.9. The van der Waals surface area contributed by atoms with Crippen LogP contribution in [0.15, 0.2) is 36.4 Å². The number of hydrogen-bond donors (Lipinski definition) is 1. The van der Waals surface area contributed by atoms with Crippen molar-refractivity contribution in [3.05, 3.63) is 47.0 Å². The molecule has 0 aliphatic carbocycles. The molecular weight excluding hydrogens is 374 g/mol. The molecule has 1 aliphatic rings. The molecule has 0 unspecified atom stereocenters. The fourth-order valence-corrected chi connectivity index (χ4v) is 2.64. The van der Waals surface area contributed by atoms with Crippen molar-refractivity contribution < 1.29 is 28.5 Å². The van der Waals surface area contributed by atoms with Gasteiger partial charge in [0.2, 0.25) is 6.79 Å². The third-order valence-corrected chi connectivity index (χ3v) is 4.04. The summed E-state index contributed by atoms with van der Waals surface area (Å²) in [7, 11) is 0. The van der Waals surface area contributed by atoms with Gasteiger partial charge in [-0.1, -0.05) is 11.6 Å². The molecule has 27 heavy (non-hydrogen) atoms.